The van der Waals surface area contributed by atoms with Gasteiger partial charge in [0.15, 0.2) is 0 Å². The van der Waals surface area contributed by atoms with Crippen molar-refractivity contribution in [2.45, 2.75) is 58.6 Å². The van der Waals surface area contributed by atoms with Gasteiger partial charge in [0.1, 0.15) is 0 Å². The monoisotopic (exact) mass is 229 g/mol. The van der Waals surface area contributed by atoms with E-state index in [9.17, 15) is 5.11 Å². The molecule has 0 spiro atoms. The summed E-state index contributed by atoms with van der Waals surface area (Å²) in [6.07, 6.45) is 4.80. The van der Waals surface area contributed by atoms with Crippen molar-refractivity contribution in [3.63, 3.8) is 0 Å². The molecule has 0 aromatic rings. The quantitative estimate of drug-likeness (QED) is 0.727. The summed E-state index contributed by atoms with van der Waals surface area (Å²) >= 11 is 0. The smallest absolute Gasteiger partial charge is 0.0575 e. The van der Waals surface area contributed by atoms with Crippen molar-refractivity contribution in [1.29, 1.82) is 0 Å². The molecule has 3 heteroatoms. The molecule has 0 radical (unpaired) electrons. The first-order chi connectivity index (χ1) is 7.47. The molecule has 96 valence electrons. The normalized spacial score (nSPS) is 20.6. The van der Waals surface area contributed by atoms with Gasteiger partial charge in [-0.3, -0.25) is 4.90 Å². The number of hydrogen-bond acceptors (Lipinski definition) is 3. The van der Waals surface area contributed by atoms with Gasteiger partial charge in [-0.15, -0.1) is 0 Å². The van der Waals surface area contributed by atoms with Crippen molar-refractivity contribution in [3.05, 3.63) is 0 Å². The lowest BCUT2D eigenvalue weighted by Gasteiger charge is -2.37. The first-order valence-electron chi connectivity index (χ1n) is 6.50. The molecule has 0 aliphatic heterocycles. The second kappa shape index (κ2) is 5.99. The fraction of sp³-hybridized carbons (Fsp3) is 1.00. The van der Waals surface area contributed by atoms with Crippen LogP contribution in [0, 0.1) is 5.41 Å². The second-order valence-corrected chi connectivity index (χ2v) is 5.80. The molecule has 1 aliphatic carbocycles. The summed E-state index contributed by atoms with van der Waals surface area (Å²) in [5, 5.41) is 18.9. The Morgan fingerprint density at radius 2 is 1.88 bits per heavy atom. The summed E-state index contributed by atoms with van der Waals surface area (Å²) in [4.78, 5) is 2.36. The van der Waals surface area contributed by atoms with Gasteiger partial charge in [-0.05, 0) is 19.8 Å². The van der Waals surface area contributed by atoms with Gasteiger partial charge in [0.2, 0.25) is 0 Å². The van der Waals surface area contributed by atoms with E-state index in [1.807, 2.05) is 6.92 Å². The first-order valence-corrected chi connectivity index (χ1v) is 6.50. The minimum atomic E-state index is -0.310. The minimum Gasteiger partial charge on any atom is -0.395 e. The number of aliphatic hydroxyl groups is 2. The molecule has 0 heterocycles. The molecule has 0 amide bonds. The van der Waals surface area contributed by atoms with Gasteiger partial charge in [0, 0.05) is 24.5 Å². The third-order valence-corrected chi connectivity index (χ3v) is 3.97. The molecule has 1 atom stereocenters. The molecule has 1 rings (SSSR count). The Morgan fingerprint density at radius 1 is 1.31 bits per heavy atom. The summed E-state index contributed by atoms with van der Waals surface area (Å²) in [6, 6.07) is 0.616. The van der Waals surface area contributed by atoms with Crippen molar-refractivity contribution in [2.24, 2.45) is 5.41 Å². The van der Waals surface area contributed by atoms with Crippen molar-refractivity contribution in [2.75, 3.05) is 19.7 Å². The Bertz CT molecular complexity index is 198. The molecule has 0 saturated heterocycles. The van der Waals surface area contributed by atoms with E-state index in [4.69, 9.17) is 5.11 Å². The molecule has 1 fully saturated rings. The number of aliphatic hydroxyl groups excluding tert-OH is 2. The first kappa shape index (κ1) is 13.9. The highest BCUT2D eigenvalue weighted by molar-refractivity contribution is 4.84. The van der Waals surface area contributed by atoms with Crippen LogP contribution >= 0.6 is 0 Å². The van der Waals surface area contributed by atoms with Crippen LogP contribution in [0.3, 0.4) is 0 Å². The van der Waals surface area contributed by atoms with Crippen LogP contribution in [0.4, 0.5) is 0 Å². The van der Waals surface area contributed by atoms with Gasteiger partial charge < -0.3 is 10.2 Å². The van der Waals surface area contributed by atoms with Gasteiger partial charge >= 0.3 is 0 Å². The van der Waals surface area contributed by atoms with Gasteiger partial charge in [-0.25, -0.2) is 0 Å². The number of rotatable bonds is 6. The fourth-order valence-corrected chi connectivity index (χ4v) is 2.44. The molecule has 1 saturated carbocycles. The highest BCUT2D eigenvalue weighted by atomic mass is 16.3. The Balaban J connectivity index is 2.56. The van der Waals surface area contributed by atoms with Gasteiger partial charge in [0.25, 0.3) is 0 Å². The highest BCUT2D eigenvalue weighted by Gasteiger charge is 2.31. The summed E-state index contributed by atoms with van der Waals surface area (Å²) in [7, 11) is 0. The maximum absolute atomic E-state index is 9.75. The maximum atomic E-state index is 9.75. The molecule has 16 heavy (non-hydrogen) atoms. The summed E-state index contributed by atoms with van der Waals surface area (Å²) in [6.45, 7) is 7.86. The third-order valence-electron chi connectivity index (χ3n) is 3.97. The van der Waals surface area contributed by atoms with Crippen LogP contribution < -0.4 is 0 Å². The Kier molecular flexibility index (Phi) is 5.22. The van der Waals surface area contributed by atoms with E-state index in [1.165, 1.54) is 25.7 Å². The lowest BCUT2D eigenvalue weighted by atomic mass is 9.86. The molecule has 0 aromatic heterocycles. The molecular weight excluding hydrogens is 202 g/mol. The van der Waals surface area contributed by atoms with Crippen molar-refractivity contribution < 1.29 is 10.2 Å². The summed E-state index contributed by atoms with van der Waals surface area (Å²) in [5.41, 5.74) is -0.0994. The zero-order valence-electron chi connectivity index (χ0n) is 10.9. The van der Waals surface area contributed by atoms with E-state index in [0.29, 0.717) is 6.04 Å². The second-order valence-electron chi connectivity index (χ2n) is 5.80. The highest BCUT2D eigenvalue weighted by Crippen LogP contribution is 2.28. The molecule has 3 nitrogen and oxygen atoms in total. The fourth-order valence-electron chi connectivity index (χ4n) is 2.44. The topological polar surface area (TPSA) is 43.7 Å². The SMILES string of the molecule is CC(O)C(C)(C)CN(CCO)C1CCCC1. The molecular formula is C13H27NO2. The summed E-state index contributed by atoms with van der Waals surface area (Å²) < 4.78 is 0. The van der Waals surface area contributed by atoms with E-state index in [1.54, 1.807) is 0 Å². The van der Waals surface area contributed by atoms with Crippen LogP contribution in [0.25, 0.3) is 0 Å². The Labute approximate surface area is 99.5 Å². The summed E-state index contributed by atoms with van der Waals surface area (Å²) in [5.74, 6) is 0. The van der Waals surface area contributed by atoms with Crippen LogP contribution in [-0.4, -0.2) is 47.0 Å². The zero-order chi connectivity index (χ0) is 12.2. The molecule has 1 aliphatic rings. The Hall–Kier alpha value is -0.120. The molecule has 0 aromatic carbocycles. The minimum absolute atomic E-state index is 0.0994. The largest absolute Gasteiger partial charge is 0.395 e. The van der Waals surface area contributed by atoms with Crippen LogP contribution in [0.5, 0.6) is 0 Å². The van der Waals surface area contributed by atoms with E-state index in [0.717, 1.165) is 13.1 Å². The molecule has 1 unspecified atom stereocenters. The predicted octanol–water partition coefficient (Wildman–Crippen LogP) is 1.63. The van der Waals surface area contributed by atoms with Crippen LogP contribution in [-0.2, 0) is 0 Å². The third kappa shape index (κ3) is 3.72. The van der Waals surface area contributed by atoms with E-state index in [2.05, 4.69) is 18.7 Å². The zero-order valence-corrected chi connectivity index (χ0v) is 10.9. The van der Waals surface area contributed by atoms with Crippen molar-refractivity contribution >= 4 is 0 Å². The van der Waals surface area contributed by atoms with Crippen LogP contribution in [0.1, 0.15) is 46.5 Å². The molecule has 2 N–H and O–H groups in total. The number of nitrogens with zero attached hydrogens (tertiary/aromatic N) is 1. The van der Waals surface area contributed by atoms with Gasteiger partial charge in [0.05, 0.1) is 12.7 Å². The standard InChI is InChI=1S/C13H27NO2/c1-11(16)13(2,3)10-14(8-9-15)12-6-4-5-7-12/h11-12,15-16H,4-10H2,1-3H3. The predicted molar refractivity (Wildman–Crippen MR) is 66.4 cm³/mol. The lowest BCUT2D eigenvalue weighted by Crippen LogP contribution is -2.45. The number of hydrogen-bond donors (Lipinski definition) is 2. The average molecular weight is 229 g/mol. The maximum Gasteiger partial charge on any atom is 0.0575 e. The molecule has 0 bridgehead atoms. The van der Waals surface area contributed by atoms with E-state index >= 15 is 0 Å². The Morgan fingerprint density at radius 3 is 2.31 bits per heavy atom. The van der Waals surface area contributed by atoms with E-state index in [-0.39, 0.29) is 18.1 Å². The van der Waals surface area contributed by atoms with E-state index < -0.39 is 0 Å². The van der Waals surface area contributed by atoms with Crippen LogP contribution in [0.15, 0.2) is 0 Å². The lowest BCUT2D eigenvalue weighted by molar-refractivity contribution is 0.0170. The van der Waals surface area contributed by atoms with Gasteiger partial charge in [-0.1, -0.05) is 26.7 Å². The average Bonchev–Trinajstić information content (AvgIpc) is 2.69. The van der Waals surface area contributed by atoms with Crippen LogP contribution in [0.2, 0.25) is 0 Å². The van der Waals surface area contributed by atoms with Gasteiger partial charge in [-0.2, -0.15) is 0 Å². The van der Waals surface area contributed by atoms with Crippen molar-refractivity contribution in [1.82, 2.24) is 4.90 Å². The van der Waals surface area contributed by atoms with Crippen molar-refractivity contribution in [3.8, 4) is 0 Å².